The van der Waals surface area contributed by atoms with Crippen molar-refractivity contribution < 1.29 is 17.9 Å². The van der Waals surface area contributed by atoms with Crippen LogP contribution in [0.1, 0.15) is 18.9 Å². The number of nitrogens with zero attached hydrogens (tertiary/aromatic N) is 4. The lowest BCUT2D eigenvalue weighted by Gasteiger charge is -2.34. The van der Waals surface area contributed by atoms with E-state index in [1.165, 1.54) is 0 Å². The third-order valence-corrected chi connectivity index (χ3v) is 4.19. The van der Waals surface area contributed by atoms with E-state index < -0.39 is 11.2 Å². The van der Waals surface area contributed by atoms with E-state index in [2.05, 4.69) is 15.1 Å². The van der Waals surface area contributed by atoms with E-state index in [4.69, 9.17) is 4.74 Å². The number of hydrogen-bond acceptors (Lipinski definition) is 6. The lowest BCUT2D eigenvalue weighted by molar-refractivity contribution is -0.138. The Kier molecular flexibility index (Phi) is 5.39. The smallest absolute Gasteiger partial charge is 0.377 e. The molecule has 1 aliphatic rings. The van der Waals surface area contributed by atoms with Gasteiger partial charge in [-0.3, -0.25) is 4.90 Å². The van der Waals surface area contributed by atoms with E-state index in [9.17, 15) is 13.2 Å². The number of aromatic nitrogens is 2. The number of ether oxygens (including phenoxy) is 1. The first-order valence-corrected chi connectivity index (χ1v) is 7.67. The molecule has 1 aromatic heterocycles. The van der Waals surface area contributed by atoms with Crippen molar-refractivity contribution in [2.24, 2.45) is 0 Å². The van der Waals surface area contributed by atoms with Crippen LogP contribution >= 0.6 is 11.3 Å². The average Bonchev–Trinajstić information content (AvgIpc) is 2.88. The van der Waals surface area contributed by atoms with Gasteiger partial charge in [-0.1, -0.05) is 11.3 Å². The van der Waals surface area contributed by atoms with Gasteiger partial charge < -0.3 is 9.64 Å². The van der Waals surface area contributed by atoms with E-state index in [1.807, 2.05) is 18.7 Å². The molecule has 2 heterocycles. The van der Waals surface area contributed by atoms with Crippen molar-refractivity contribution >= 4 is 16.5 Å². The Balaban J connectivity index is 1.80. The summed E-state index contributed by atoms with van der Waals surface area (Å²) in [4.78, 5) is 4.09. The number of piperazine rings is 1. The normalized spacial score (nSPS) is 17.7. The highest BCUT2D eigenvalue weighted by atomic mass is 32.1. The molecule has 0 spiro atoms. The van der Waals surface area contributed by atoms with E-state index >= 15 is 0 Å². The second kappa shape index (κ2) is 6.89. The summed E-state index contributed by atoms with van der Waals surface area (Å²) < 4.78 is 43.0. The summed E-state index contributed by atoms with van der Waals surface area (Å²) in [7, 11) is 0. The summed E-state index contributed by atoms with van der Waals surface area (Å²) in [6.07, 6.45) is -4.19. The molecule has 5 nitrogen and oxygen atoms in total. The molecule has 0 radical (unpaired) electrons. The molecule has 1 aliphatic heterocycles. The Hall–Kier alpha value is -0.930. The van der Waals surface area contributed by atoms with Crippen LogP contribution in [0.4, 0.5) is 18.3 Å². The number of halogens is 3. The highest BCUT2D eigenvalue weighted by Crippen LogP contribution is 2.34. The molecule has 21 heavy (non-hydrogen) atoms. The third-order valence-electron chi connectivity index (χ3n) is 3.16. The van der Waals surface area contributed by atoms with Crippen molar-refractivity contribution in [3.05, 3.63) is 5.01 Å². The molecule has 9 heteroatoms. The molecule has 0 amide bonds. The lowest BCUT2D eigenvalue weighted by Crippen LogP contribution is -2.47. The highest BCUT2D eigenvalue weighted by Gasteiger charge is 2.36. The molecule has 1 aromatic rings. The molecule has 0 atom stereocenters. The van der Waals surface area contributed by atoms with Gasteiger partial charge in [0, 0.05) is 32.7 Å². The van der Waals surface area contributed by atoms with Gasteiger partial charge in [0.25, 0.3) is 0 Å². The summed E-state index contributed by atoms with van der Waals surface area (Å²) >= 11 is 0.605. The molecule has 2 rings (SSSR count). The monoisotopic (exact) mass is 324 g/mol. The minimum Gasteiger partial charge on any atom is -0.377 e. The zero-order valence-electron chi connectivity index (χ0n) is 12.1. The average molecular weight is 324 g/mol. The third kappa shape index (κ3) is 4.79. The maximum absolute atomic E-state index is 12.5. The molecule has 120 valence electrons. The predicted octanol–water partition coefficient (Wildman–Crippen LogP) is 2.10. The Morgan fingerprint density at radius 3 is 2.38 bits per heavy atom. The maximum Gasteiger partial charge on any atom is 0.445 e. The van der Waals surface area contributed by atoms with E-state index in [0.717, 1.165) is 19.6 Å². The fraction of sp³-hybridized carbons (Fsp3) is 0.833. The summed E-state index contributed by atoms with van der Waals surface area (Å²) in [5.41, 5.74) is 0. The van der Waals surface area contributed by atoms with Crippen LogP contribution in [-0.4, -0.2) is 60.5 Å². The van der Waals surface area contributed by atoms with Crippen molar-refractivity contribution in [2.75, 3.05) is 44.2 Å². The molecule has 0 aliphatic carbocycles. The first-order valence-electron chi connectivity index (χ1n) is 6.86. The summed E-state index contributed by atoms with van der Waals surface area (Å²) in [5, 5.41) is 6.33. The van der Waals surface area contributed by atoms with Crippen LogP contribution in [0, 0.1) is 0 Å². The van der Waals surface area contributed by atoms with Crippen LogP contribution in [0.2, 0.25) is 0 Å². The van der Waals surface area contributed by atoms with Crippen LogP contribution in [0.15, 0.2) is 0 Å². The molecule has 0 saturated carbocycles. The van der Waals surface area contributed by atoms with Gasteiger partial charge in [-0.25, -0.2) is 0 Å². The molecule has 0 N–H and O–H groups in total. The van der Waals surface area contributed by atoms with Crippen LogP contribution in [0.5, 0.6) is 0 Å². The van der Waals surface area contributed by atoms with Crippen LogP contribution in [-0.2, 0) is 10.9 Å². The number of hydrogen-bond donors (Lipinski definition) is 0. The fourth-order valence-corrected chi connectivity index (χ4v) is 2.80. The SMILES string of the molecule is CC(C)OCCN1CCN(c2nnc(C(F)(F)F)s2)CC1. The zero-order chi connectivity index (χ0) is 15.5. The van der Waals surface area contributed by atoms with Crippen molar-refractivity contribution in [2.45, 2.75) is 26.1 Å². The van der Waals surface area contributed by atoms with Crippen molar-refractivity contribution in [1.82, 2.24) is 15.1 Å². The summed E-state index contributed by atoms with van der Waals surface area (Å²) in [5.74, 6) is 0. The van der Waals surface area contributed by atoms with E-state index in [0.29, 0.717) is 36.2 Å². The molecule has 0 unspecified atom stereocenters. The second-order valence-corrected chi connectivity index (χ2v) is 6.09. The van der Waals surface area contributed by atoms with Gasteiger partial charge in [-0.15, -0.1) is 10.2 Å². The molecule has 1 saturated heterocycles. The van der Waals surface area contributed by atoms with Crippen LogP contribution in [0.3, 0.4) is 0 Å². The standard InChI is InChI=1S/C12H19F3N4OS/c1-9(2)20-8-7-18-3-5-19(6-4-18)11-17-16-10(21-11)12(13,14)15/h9H,3-8H2,1-2H3. The van der Waals surface area contributed by atoms with Gasteiger partial charge in [0.15, 0.2) is 0 Å². The quantitative estimate of drug-likeness (QED) is 0.830. The Bertz CT molecular complexity index is 444. The lowest BCUT2D eigenvalue weighted by atomic mass is 10.3. The van der Waals surface area contributed by atoms with Crippen molar-refractivity contribution in [1.29, 1.82) is 0 Å². The molecule has 0 aromatic carbocycles. The first kappa shape index (κ1) is 16.4. The van der Waals surface area contributed by atoms with Crippen molar-refractivity contribution in [3.63, 3.8) is 0 Å². The first-order chi connectivity index (χ1) is 9.86. The zero-order valence-corrected chi connectivity index (χ0v) is 12.9. The summed E-state index contributed by atoms with van der Waals surface area (Å²) in [6.45, 7) is 8.41. The van der Waals surface area contributed by atoms with Crippen LogP contribution in [0.25, 0.3) is 0 Å². The molecule has 1 fully saturated rings. The van der Waals surface area contributed by atoms with Gasteiger partial charge in [0.05, 0.1) is 12.7 Å². The van der Waals surface area contributed by atoms with Gasteiger partial charge >= 0.3 is 6.18 Å². The minimum atomic E-state index is -4.41. The summed E-state index contributed by atoms with van der Waals surface area (Å²) in [6, 6.07) is 0. The van der Waals surface area contributed by atoms with Crippen LogP contribution < -0.4 is 4.90 Å². The molecular formula is C12H19F3N4OS. The number of alkyl halides is 3. The predicted molar refractivity (Wildman–Crippen MR) is 74.7 cm³/mol. The highest BCUT2D eigenvalue weighted by molar-refractivity contribution is 7.15. The minimum absolute atomic E-state index is 0.216. The topological polar surface area (TPSA) is 41.5 Å². The maximum atomic E-state index is 12.5. The molecule has 0 bridgehead atoms. The van der Waals surface area contributed by atoms with Crippen molar-refractivity contribution in [3.8, 4) is 0 Å². The number of anilines is 1. The van der Waals surface area contributed by atoms with Gasteiger partial charge in [0.1, 0.15) is 0 Å². The van der Waals surface area contributed by atoms with E-state index in [-0.39, 0.29) is 6.10 Å². The Morgan fingerprint density at radius 1 is 1.19 bits per heavy atom. The van der Waals surface area contributed by atoms with Gasteiger partial charge in [-0.2, -0.15) is 13.2 Å². The Labute approximate surface area is 125 Å². The fourth-order valence-electron chi connectivity index (χ4n) is 2.04. The second-order valence-electron chi connectivity index (χ2n) is 5.14. The largest absolute Gasteiger partial charge is 0.445 e. The van der Waals surface area contributed by atoms with Gasteiger partial charge in [0.2, 0.25) is 10.1 Å². The molecular weight excluding hydrogens is 305 g/mol. The van der Waals surface area contributed by atoms with Gasteiger partial charge in [-0.05, 0) is 13.8 Å². The number of rotatable bonds is 5. The van der Waals surface area contributed by atoms with E-state index in [1.54, 1.807) is 0 Å². The Morgan fingerprint density at radius 2 is 1.86 bits per heavy atom.